The minimum atomic E-state index is -4.63. The van der Waals surface area contributed by atoms with E-state index in [0.29, 0.717) is 17.1 Å². The van der Waals surface area contributed by atoms with Gasteiger partial charge in [0.2, 0.25) is 0 Å². The van der Waals surface area contributed by atoms with Gasteiger partial charge in [0.1, 0.15) is 11.5 Å². The minimum absolute atomic E-state index is 0.0292. The zero-order chi connectivity index (χ0) is 21.2. The summed E-state index contributed by atoms with van der Waals surface area (Å²) in [6.07, 6.45) is -3.07. The number of nitrogens with zero attached hydrogens (tertiary/aromatic N) is 1. The first kappa shape index (κ1) is 21.1. The standard InChI is InChI=1S/C19H14ClF3N2O3S/c1-27-12-5-3-10(15(9-12)28-2)7-16-17(26)25-18(29-16)24-14-6-4-11(20)8-13(14)19(21,22)23/h3-9H,1-2H3,(H,24,25,26). The Morgan fingerprint density at radius 2 is 1.90 bits per heavy atom. The van der Waals surface area contributed by atoms with E-state index in [-0.39, 0.29) is 20.8 Å². The summed E-state index contributed by atoms with van der Waals surface area (Å²) in [5.41, 5.74) is -0.718. The lowest BCUT2D eigenvalue weighted by molar-refractivity contribution is -0.137. The van der Waals surface area contributed by atoms with Crippen molar-refractivity contribution in [2.24, 2.45) is 4.99 Å². The maximum atomic E-state index is 13.2. The first-order valence-electron chi connectivity index (χ1n) is 8.09. The van der Waals surface area contributed by atoms with Gasteiger partial charge < -0.3 is 14.8 Å². The second-order valence-corrected chi connectivity index (χ2v) is 7.22. The quantitative estimate of drug-likeness (QED) is 0.655. The Balaban J connectivity index is 1.93. The molecule has 3 rings (SSSR count). The molecule has 0 spiro atoms. The fraction of sp³-hybridized carbons (Fsp3) is 0.158. The fourth-order valence-corrected chi connectivity index (χ4v) is 3.50. The van der Waals surface area contributed by atoms with Crippen molar-refractivity contribution in [3.05, 3.63) is 57.5 Å². The van der Waals surface area contributed by atoms with Crippen molar-refractivity contribution < 1.29 is 27.4 Å². The summed E-state index contributed by atoms with van der Waals surface area (Å²) in [5, 5.41) is 2.44. The normalized spacial score (nSPS) is 17.0. The molecule has 2 aromatic carbocycles. The van der Waals surface area contributed by atoms with Crippen LogP contribution in [0.15, 0.2) is 46.3 Å². The van der Waals surface area contributed by atoms with Crippen LogP contribution in [0.2, 0.25) is 5.02 Å². The van der Waals surface area contributed by atoms with Gasteiger partial charge in [0.05, 0.1) is 30.4 Å². The zero-order valence-electron chi connectivity index (χ0n) is 15.1. The van der Waals surface area contributed by atoms with Gasteiger partial charge in [-0.05, 0) is 48.2 Å². The largest absolute Gasteiger partial charge is 0.497 e. The van der Waals surface area contributed by atoms with Gasteiger partial charge >= 0.3 is 6.18 Å². The van der Waals surface area contributed by atoms with Crippen LogP contribution >= 0.6 is 23.4 Å². The highest BCUT2D eigenvalue weighted by atomic mass is 35.5. The number of carbonyl (C=O) groups excluding carboxylic acids is 1. The second kappa shape index (κ2) is 8.38. The maximum Gasteiger partial charge on any atom is 0.418 e. The van der Waals surface area contributed by atoms with Gasteiger partial charge in [0, 0.05) is 16.7 Å². The van der Waals surface area contributed by atoms with Crippen molar-refractivity contribution >= 4 is 46.2 Å². The molecule has 0 aromatic heterocycles. The number of rotatable bonds is 4. The molecule has 1 heterocycles. The molecule has 1 aliphatic heterocycles. The number of thioether (sulfide) groups is 1. The van der Waals surface area contributed by atoms with Crippen LogP contribution in [-0.4, -0.2) is 25.3 Å². The summed E-state index contributed by atoms with van der Waals surface area (Å²) in [7, 11) is 2.99. The molecule has 0 aliphatic carbocycles. The summed E-state index contributed by atoms with van der Waals surface area (Å²) in [6.45, 7) is 0. The van der Waals surface area contributed by atoms with Crippen molar-refractivity contribution in [1.29, 1.82) is 0 Å². The number of nitrogens with one attached hydrogen (secondary N) is 1. The lowest BCUT2D eigenvalue weighted by Gasteiger charge is -2.10. The van der Waals surface area contributed by atoms with E-state index < -0.39 is 17.6 Å². The SMILES string of the molecule is COc1ccc(C=C2SC(=Nc3ccc(Cl)cc3C(F)(F)F)NC2=O)c(OC)c1. The number of hydrogen-bond acceptors (Lipinski definition) is 5. The van der Waals surface area contributed by atoms with Gasteiger partial charge in [0.25, 0.3) is 5.91 Å². The van der Waals surface area contributed by atoms with Crippen LogP contribution in [0.3, 0.4) is 0 Å². The number of hydrogen-bond donors (Lipinski definition) is 1. The summed E-state index contributed by atoms with van der Waals surface area (Å²) in [5.74, 6) is 0.582. The molecule has 0 bridgehead atoms. The Kier molecular flexibility index (Phi) is 6.09. The van der Waals surface area contributed by atoms with Crippen LogP contribution in [0.5, 0.6) is 11.5 Å². The molecule has 1 saturated heterocycles. The molecule has 0 unspecified atom stereocenters. The molecule has 1 amide bonds. The van der Waals surface area contributed by atoms with Gasteiger partial charge in [-0.1, -0.05) is 11.6 Å². The van der Waals surface area contributed by atoms with Gasteiger partial charge in [-0.2, -0.15) is 13.2 Å². The Hall–Kier alpha value is -2.65. The predicted molar refractivity (Wildman–Crippen MR) is 107 cm³/mol. The number of halogens is 4. The Labute approximate surface area is 173 Å². The molecule has 2 aromatic rings. The molecule has 152 valence electrons. The number of ether oxygens (including phenoxy) is 2. The van der Waals surface area contributed by atoms with Crippen molar-refractivity contribution in [3.8, 4) is 11.5 Å². The molecular formula is C19H14ClF3N2O3S. The van der Waals surface area contributed by atoms with Gasteiger partial charge in [-0.3, -0.25) is 4.79 Å². The number of aliphatic imine (C=N–C) groups is 1. The zero-order valence-corrected chi connectivity index (χ0v) is 16.7. The van der Waals surface area contributed by atoms with E-state index in [9.17, 15) is 18.0 Å². The molecule has 1 aliphatic rings. The van der Waals surface area contributed by atoms with Crippen LogP contribution in [0.25, 0.3) is 6.08 Å². The topological polar surface area (TPSA) is 59.9 Å². The lowest BCUT2D eigenvalue weighted by atomic mass is 10.1. The fourth-order valence-electron chi connectivity index (χ4n) is 2.50. The van der Waals surface area contributed by atoms with Crippen LogP contribution in [0.1, 0.15) is 11.1 Å². The van der Waals surface area contributed by atoms with E-state index in [0.717, 1.165) is 23.9 Å². The first-order chi connectivity index (χ1) is 13.7. The molecular weight excluding hydrogens is 429 g/mol. The van der Waals surface area contributed by atoms with Crippen LogP contribution in [0.4, 0.5) is 18.9 Å². The number of methoxy groups -OCH3 is 2. The maximum absolute atomic E-state index is 13.2. The summed E-state index contributed by atoms with van der Waals surface area (Å²) in [6, 6.07) is 8.30. The Bertz CT molecular complexity index is 1020. The smallest absolute Gasteiger partial charge is 0.418 e. The van der Waals surface area contributed by atoms with E-state index in [1.807, 2.05) is 0 Å². The van der Waals surface area contributed by atoms with Crippen molar-refractivity contribution in [1.82, 2.24) is 5.32 Å². The summed E-state index contributed by atoms with van der Waals surface area (Å²) < 4.78 is 50.1. The second-order valence-electron chi connectivity index (χ2n) is 5.75. The third-order valence-electron chi connectivity index (χ3n) is 3.86. The third-order valence-corrected chi connectivity index (χ3v) is 5.01. The van der Waals surface area contributed by atoms with E-state index >= 15 is 0 Å². The van der Waals surface area contributed by atoms with Gasteiger partial charge in [0.15, 0.2) is 5.17 Å². The van der Waals surface area contributed by atoms with E-state index in [4.69, 9.17) is 21.1 Å². The number of benzene rings is 2. The molecule has 29 heavy (non-hydrogen) atoms. The highest BCUT2D eigenvalue weighted by Crippen LogP contribution is 2.39. The molecule has 0 atom stereocenters. The first-order valence-corrected chi connectivity index (χ1v) is 9.29. The highest BCUT2D eigenvalue weighted by Gasteiger charge is 2.34. The van der Waals surface area contributed by atoms with Crippen LogP contribution in [-0.2, 0) is 11.0 Å². The summed E-state index contributed by atoms with van der Waals surface area (Å²) in [4.78, 5) is 16.5. The van der Waals surface area contributed by atoms with Crippen molar-refractivity contribution in [3.63, 3.8) is 0 Å². The Morgan fingerprint density at radius 1 is 1.14 bits per heavy atom. The average molecular weight is 443 g/mol. The van der Waals surface area contributed by atoms with Crippen molar-refractivity contribution in [2.45, 2.75) is 6.18 Å². The number of alkyl halides is 3. The minimum Gasteiger partial charge on any atom is -0.497 e. The monoisotopic (exact) mass is 442 g/mol. The van der Waals surface area contributed by atoms with Gasteiger partial charge in [-0.15, -0.1) is 0 Å². The molecule has 1 N–H and O–H groups in total. The van der Waals surface area contributed by atoms with Crippen LogP contribution < -0.4 is 14.8 Å². The summed E-state index contributed by atoms with van der Waals surface area (Å²) >= 11 is 6.60. The molecule has 5 nitrogen and oxygen atoms in total. The number of amides is 1. The van der Waals surface area contributed by atoms with Gasteiger partial charge in [-0.25, -0.2) is 4.99 Å². The van der Waals surface area contributed by atoms with Crippen molar-refractivity contribution in [2.75, 3.05) is 14.2 Å². The molecule has 0 radical (unpaired) electrons. The highest BCUT2D eigenvalue weighted by molar-refractivity contribution is 8.18. The molecule has 0 saturated carbocycles. The van der Waals surface area contributed by atoms with Crippen LogP contribution in [0, 0.1) is 0 Å². The number of carbonyl (C=O) groups is 1. The average Bonchev–Trinajstić information content (AvgIpc) is 3.01. The lowest BCUT2D eigenvalue weighted by Crippen LogP contribution is -2.19. The Morgan fingerprint density at radius 3 is 2.55 bits per heavy atom. The molecule has 1 fully saturated rings. The van der Waals surface area contributed by atoms with E-state index in [1.165, 1.54) is 20.3 Å². The predicted octanol–water partition coefficient (Wildman–Crippen LogP) is 5.27. The number of amidine groups is 1. The van der Waals surface area contributed by atoms with E-state index in [2.05, 4.69) is 10.3 Å². The molecule has 10 heteroatoms. The third kappa shape index (κ3) is 4.86. The van der Waals surface area contributed by atoms with E-state index in [1.54, 1.807) is 24.3 Å².